The molecule has 6 heteroatoms. The molecule has 1 heterocycles. The number of hydrogen-bond donors (Lipinski definition) is 1. The number of rotatable bonds is 2. The minimum absolute atomic E-state index is 0.154. The Balaban J connectivity index is 3.27. The second kappa shape index (κ2) is 3.42. The van der Waals surface area contributed by atoms with Gasteiger partial charge >= 0.3 is 5.97 Å². The predicted molar refractivity (Wildman–Crippen MR) is 38.7 cm³/mol. The predicted octanol–water partition coefficient (Wildman–Crippen LogP) is 1.42. The lowest BCUT2D eigenvalue weighted by Gasteiger charge is -2.03. The zero-order valence-corrected chi connectivity index (χ0v) is 6.66. The van der Waals surface area contributed by atoms with Crippen LogP contribution >= 0.6 is 0 Å². The minimum Gasteiger partial charge on any atom is -0.476 e. The lowest BCUT2D eigenvalue weighted by Crippen LogP contribution is -2.08. The van der Waals surface area contributed by atoms with E-state index in [4.69, 9.17) is 5.11 Å². The van der Waals surface area contributed by atoms with Crippen LogP contribution in [0, 0.1) is 6.92 Å². The number of aromatic carboxylic acids is 1. The monoisotopic (exact) mass is 188 g/mol. The Morgan fingerprint density at radius 2 is 2.23 bits per heavy atom. The summed E-state index contributed by atoms with van der Waals surface area (Å²) < 4.78 is 24.4. The molecule has 0 spiro atoms. The van der Waals surface area contributed by atoms with Crippen molar-refractivity contribution >= 4 is 5.97 Å². The van der Waals surface area contributed by atoms with Crippen molar-refractivity contribution in [3.05, 3.63) is 23.3 Å². The summed E-state index contributed by atoms with van der Waals surface area (Å²) in [5.41, 5.74) is -1.29. The normalized spacial score (nSPS) is 10.5. The lowest BCUT2D eigenvalue weighted by atomic mass is 10.2. The molecule has 0 aliphatic carbocycles. The second-order valence-corrected chi connectivity index (χ2v) is 2.33. The van der Waals surface area contributed by atoms with E-state index in [1.165, 1.54) is 6.92 Å². The third kappa shape index (κ3) is 1.95. The largest absolute Gasteiger partial charge is 0.476 e. The maximum Gasteiger partial charge on any atom is 0.355 e. The first kappa shape index (κ1) is 9.50. The second-order valence-electron chi connectivity index (χ2n) is 2.33. The molecule has 0 aliphatic rings. The molecule has 0 unspecified atom stereocenters. The first-order valence-corrected chi connectivity index (χ1v) is 3.37. The fraction of sp³-hybridized carbons (Fsp3) is 0.286. The van der Waals surface area contributed by atoms with Gasteiger partial charge in [0.15, 0.2) is 5.69 Å². The van der Waals surface area contributed by atoms with E-state index in [0.29, 0.717) is 0 Å². The fourth-order valence-corrected chi connectivity index (χ4v) is 0.810. The van der Waals surface area contributed by atoms with Gasteiger partial charge < -0.3 is 5.11 Å². The molecule has 1 N–H and O–H groups in total. The topological polar surface area (TPSA) is 63.1 Å². The molecule has 0 radical (unpaired) electrons. The van der Waals surface area contributed by atoms with Crippen LogP contribution in [0.1, 0.15) is 28.3 Å². The Morgan fingerprint density at radius 1 is 1.62 bits per heavy atom. The standard InChI is InChI=1S/C7H6F2N2O2/c1-3-10-2-4(6(8)9)5(11-3)7(12)13/h2,6H,1H3,(H,12,13). The highest BCUT2D eigenvalue weighted by atomic mass is 19.3. The summed E-state index contributed by atoms with van der Waals surface area (Å²) in [5.74, 6) is -1.32. The summed E-state index contributed by atoms with van der Waals surface area (Å²) in [7, 11) is 0. The van der Waals surface area contributed by atoms with Crippen LogP contribution in [0.4, 0.5) is 8.78 Å². The van der Waals surface area contributed by atoms with Crippen molar-refractivity contribution in [2.24, 2.45) is 0 Å². The highest BCUT2D eigenvalue weighted by Gasteiger charge is 2.19. The van der Waals surface area contributed by atoms with E-state index in [2.05, 4.69) is 9.97 Å². The van der Waals surface area contributed by atoms with Crippen molar-refractivity contribution in [3.8, 4) is 0 Å². The Morgan fingerprint density at radius 3 is 2.69 bits per heavy atom. The van der Waals surface area contributed by atoms with E-state index in [1.54, 1.807) is 0 Å². The van der Waals surface area contributed by atoms with Crippen molar-refractivity contribution in [1.29, 1.82) is 0 Å². The van der Waals surface area contributed by atoms with Gasteiger partial charge in [0.2, 0.25) is 0 Å². The summed E-state index contributed by atoms with van der Waals surface area (Å²) in [6.07, 6.45) is -2.04. The quantitative estimate of drug-likeness (QED) is 0.762. The Hall–Kier alpha value is -1.59. The highest BCUT2D eigenvalue weighted by molar-refractivity contribution is 5.87. The average molecular weight is 188 g/mol. The lowest BCUT2D eigenvalue weighted by molar-refractivity contribution is 0.0676. The molecule has 0 fully saturated rings. The molecule has 0 amide bonds. The van der Waals surface area contributed by atoms with Crippen LogP contribution in [0.3, 0.4) is 0 Å². The van der Waals surface area contributed by atoms with E-state index in [9.17, 15) is 13.6 Å². The van der Waals surface area contributed by atoms with Crippen LogP contribution in [0.25, 0.3) is 0 Å². The van der Waals surface area contributed by atoms with Gasteiger partial charge in [0, 0.05) is 6.20 Å². The number of hydrogen-bond acceptors (Lipinski definition) is 3. The average Bonchev–Trinajstić information content (AvgIpc) is 2.03. The molecular formula is C7H6F2N2O2. The highest BCUT2D eigenvalue weighted by Crippen LogP contribution is 2.20. The van der Waals surface area contributed by atoms with Crippen LogP contribution in [0.2, 0.25) is 0 Å². The van der Waals surface area contributed by atoms with Gasteiger partial charge in [-0.25, -0.2) is 23.5 Å². The van der Waals surface area contributed by atoms with Gasteiger partial charge in [-0.2, -0.15) is 0 Å². The molecule has 1 aromatic rings. The van der Waals surface area contributed by atoms with E-state index < -0.39 is 23.7 Å². The molecule has 0 bridgehead atoms. The van der Waals surface area contributed by atoms with Gasteiger partial charge in [0.25, 0.3) is 6.43 Å². The number of halogens is 2. The summed E-state index contributed by atoms with van der Waals surface area (Å²) in [5, 5.41) is 8.52. The van der Waals surface area contributed by atoms with E-state index >= 15 is 0 Å². The van der Waals surface area contributed by atoms with Gasteiger partial charge in [-0.05, 0) is 6.92 Å². The maximum absolute atomic E-state index is 12.2. The summed E-state index contributed by atoms with van der Waals surface area (Å²) >= 11 is 0. The summed E-state index contributed by atoms with van der Waals surface area (Å²) in [4.78, 5) is 17.3. The molecule has 0 atom stereocenters. The Bertz CT molecular complexity index is 341. The van der Waals surface area contributed by atoms with Crippen molar-refractivity contribution in [1.82, 2.24) is 9.97 Å². The zero-order valence-electron chi connectivity index (χ0n) is 6.66. The molecule has 0 aromatic carbocycles. The number of carboxylic acid groups (broad SMARTS) is 1. The molecule has 1 aromatic heterocycles. The fourth-order valence-electron chi connectivity index (χ4n) is 0.810. The SMILES string of the molecule is Cc1ncc(C(F)F)c(C(=O)O)n1. The summed E-state index contributed by atoms with van der Waals surface area (Å²) in [6.45, 7) is 1.43. The van der Waals surface area contributed by atoms with E-state index in [0.717, 1.165) is 6.20 Å². The van der Waals surface area contributed by atoms with Crippen molar-refractivity contribution in [3.63, 3.8) is 0 Å². The molecule has 0 saturated carbocycles. The first-order chi connectivity index (χ1) is 6.02. The van der Waals surface area contributed by atoms with Crippen LogP contribution in [0.5, 0.6) is 0 Å². The van der Waals surface area contributed by atoms with E-state index in [-0.39, 0.29) is 5.82 Å². The van der Waals surface area contributed by atoms with Gasteiger partial charge in [0.1, 0.15) is 5.82 Å². The number of carbonyl (C=O) groups is 1. The number of aromatic nitrogens is 2. The third-order valence-electron chi connectivity index (χ3n) is 1.38. The molecule has 4 nitrogen and oxygen atoms in total. The molecular weight excluding hydrogens is 182 g/mol. The Labute approximate surface area is 72.3 Å². The number of aryl methyl sites for hydroxylation is 1. The number of alkyl halides is 2. The number of nitrogens with zero attached hydrogens (tertiary/aromatic N) is 2. The van der Waals surface area contributed by atoms with Gasteiger partial charge in [-0.3, -0.25) is 0 Å². The van der Waals surface area contributed by atoms with Crippen LogP contribution in [-0.4, -0.2) is 21.0 Å². The van der Waals surface area contributed by atoms with Crippen LogP contribution in [-0.2, 0) is 0 Å². The number of carboxylic acids is 1. The molecule has 13 heavy (non-hydrogen) atoms. The van der Waals surface area contributed by atoms with Crippen LogP contribution < -0.4 is 0 Å². The van der Waals surface area contributed by atoms with Gasteiger partial charge in [-0.1, -0.05) is 0 Å². The Kier molecular flexibility index (Phi) is 2.50. The van der Waals surface area contributed by atoms with Crippen molar-refractivity contribution in [2.45, 2.75) is 13.3 Å². The van der Waals surface area contributed by atoms with Crippen LogP contribution in [0.15, 0.2) is 6.20 Å². The van der Waals surface area contributed by atoms with Gasteiger partial charge in [0.05, 0.1) is 5.56 Å². The summed E-state index contributed by atoms with van der Waals surface area (Å²) in [6, 6.07) is 0. The van der Waals surface area contributed by atoms with Gasteiger partial charge in [-0.15, -0.1) is 0 Å². The first-order valence-electron chi connectivity index (χ1n) is 3.37. The minimum atomic E-state index is -2.87. The van der Waals surface area contributed by atoms with Crippen molar-refractivity contribution in [2.75, 3.05) is 0 Å². The molecule has 0 aliphatic heterocycles. The molecule has 1 rings (SSSR count). The maximum atomic E-state index is 12.2. The smallest absolute Gasteiger partial charge is 0.355 e. The third-order valence-corrected chi connectivity index (χ3v) is 1.38. The zero-order chi connectivity index (χ0) is 10.0. The van der Waals surface area contributed by atoms with E-state index in [1.807, 2.05) is 0 Å². The molecule has 70 valence electrons. The molecule has 0 saturated heterocycles. The van der Waals surface area contributed by atoms with Crippen molar-refractivity contribution < 1.29 is 18.7 Å².